The highest BCUT2D eigenvalue weighted by Crippen LogP contribution is 2.35. The normalized spacial score (nSPS) is 10.1. The van der Waals surface area contributed by atoms with Gasteiger partial charge in [0.2, 0.25) is 5.24 Å². The summed E-state index contributed by atoms with van der Waals surface area (Å²) in [4.78, 5) is 10.9. The number of hydrogen-bond acceptors (Lipinski definition) is 3. The van der Waals surface area contributed by atoms with Gasteiger partial charge in [0.05, 0.1) is 16.7 Å². The molecule has 2 rings (SSSR count). The van der Waals surface area contributed by atoms with Gasteiger partial charge in [-0.25, -0.2) is 4.39 Å². The number of ether oxygens (including phenoxy) is 1. The van der Waals surface area contributed by atoms with Crippen molar-refractivity contribution in [1.82, 2.24) is 0 Å². The molecule has 3 nitrogen and oxygen atoms in total. The Labute approximate surface area is 140 Å². The van der Waals surface area contributed by atoms with E-state index in [0.717, 1.165) is 0 Å². The van der Waals surface area contributed by atoms with Crippen molar-refractivity contribution in [3.8, 4) is 17.6 Å². The smallest absolute Gasteiger partial charge is 0.226 e. The van der Waals surface area contributed by atoms with Crippen molar-refractivity contribution in [1.29, 1.82) is 5.26 Å². The van der Waals surface area contributed by atoms with Gasteiger partial charge in [-0.3, -0.25) is 4.79 Å². The van der Waals surface area contributed by atoms with Crippen LogP contribution in [0.4, 0.5) is 4.39 Å². The average molecular weight is 359 g/mol. The minimum absolute atomic E-state index is 0.0155. The lowest BCUT2D eigenvalue weighted by molar-refractivity contribution is -0.111. The summed E-state index contributed by atoms with van der Waals surface area (Å²) in [5.74, 6) is -0.901. The summed E-state index contributed by atoms with van der Waals surface area (Å²) in [6.45, 7) is 0. The Hall–Kier alpha value is -1.80. The van der Waals surface area contributed by atoms with Gasteiger partial charge in [-0.1, -0.05) is 29.3 Å². The SMILES string of the molecule is N#Cc1cc(Cl)cc(Oc2c(Cl)ccc(CC(=O)Cl)c2F)c1. The molecule has 22 heavy (non-hydrogen) atoms. The van der Waals surface area contributed by atoms with Crippen LogP contribution < -0.4 is 4.74 Å². The van der Waals surface area contributed by atoms with Gasteiger partial charge >= 0.3 is 0 Å². The van der Waals surface area contributed by atoms with E-state index in [4.69, 9.17) is 44.8 Å². The van der Waals surface area contributed by atoms with Crippen molar-refractivity contribution in [2.75, 3.05) is 0 Å². The lowest BCUT2D eigenvalue weighted by Crippen LogP contribution is -2.00. The van der Waals surface area contributed by atoms with Crippen molar-refractivity contribution in [2.24, 2.45) is 0 Å². The lowest BCUT2D eigenvalue weighted by Gasteiger charge is -2.11. The monoisotopic (exact) mass is 357 g/mol. The third-order valence-corrected chi connectivity index (χ3v) is 3.33. The van der Waals surface area contributed by atoms with Crippen LogP contribution in [-0.4, -0.2) is 5.24 Å². The second-order valence-corrected chi connectivity index (χ2v) is 5.54. The van der Waals surface area contributed by atoms with Gasteiger partial charge in [-0.05, 0) is 35.9 Å². The summed E-state index contributed by atoms with van der Waals surface area (Å²) < 4.78 is 19.7. The number of benzene rings is 2. The standard InChI is InChI=1S/C15H7Cl3FNO2/c16-10-3-8(7-20)4-11(6-10)22-15-12(17)2-1-9(14(15)19)5-13(18)21/h1-4,6H,5H2. The van der Waals surface area contributed by atoms with Gasteiger partial charge < -0.3 is 4.74 Å². The number of carbonyl (C=O) groups is 1. The fourth-order valence-electron chi connectivity index (χ4n) is 1.76. The number of hydrogen-bond donors (Lipinski definition) is 0. The molecule has 7 heteroatoms. The van der Waals surface area contributed by atoms with E-state index in [2.05, 4.69) is 0 Å². The highest BCUT2D eigenvalue weighted by atomic mass is 35.5. The molecule has 0 fully saturated rings. The van der Waals surface area contributed by atoms with Crippen molar-refractivity contribution < 1.29 is 13.9 Å². The van der Waals surface area contributed by atoms with E-state index in [1.54, 1.807) is 0 Å². The van der Waals surface area contributed by atoms with E-state index in [1.807, 2.05) is 6.07 Å². The van der Waals surface area contributed by atoms with Crippen LogP contribution in [0.3, 0.4) is 0 Å². The molecule has 0 radical (unpaired) electrons. The molecule has 0 aliphatic rings. The molecule has 0 unspecified atom stereocenters. The van der Waals surface area contributed by atoms with E-state index < -0.39 is 11.1 Å². The third-order valence-electron chi connectivity index (χ3n) is 2.68. The summed E-state index contributed by atoms with van der Waals surface area (Å²) >= 11 is 17.0. The van der Waals surface area contributed by atoms with Crippen molar-refractivity contribution in [3.63, 3.8) is 0 Å². The van der Waals surface area contributed by atoms with Crippen LogP contribution in [0.25, 0.3) is 0 Å². The average Bonchev–Trinajstić information content (AvgIpc) is 2.45. The molecule has 0 amide bonds. The highest BCUT2D eigenvalue weighted by Gasteiger charge is 2.17. The Balaban J connectivity index is 2.43. The Morgan fingerprint density at radius 3 is 2.64 bits per heavy atom. The van der Waals surface area contributed by atoms with Crippen LogP contribution in [-0.2, 0) is 11.2 Å². The zero-order valence-electron chi connectivity index (χ0n) is 10.9. The summed E-state index contributed by atoms with van der Waals surface area (Å²) in [6, 6.07) is 8.90. The van der Waals surface area contributed by atoms with E-state index in [0.29, 0.717) is 0 Å². The largest absolute Gasteiger partial charge is 0.453 e. The molecule has 0 saturated carbocycles. The molecule has 0 aliphatic carbocycles. The van der Waals surface area contributed by atoms with Crippen LogP contribution in [0, 0.1) is 17.1 Å². The van der Waals surface area contributed by atoms with Gasteiger partial charge in [-0.15, -0.1) is 0 Å². The molecular weight excluding hydrogens is 352 g/mol. The van der Waals surface area contributed by atoms with Gasteiger partial charge in [0.25, 0.3) is 0 Å². The number of halogens is 4. The van der Waals surface area contributed by atoms with Crippen LogP contribution in [0.2, 0.25) is 10.0 Å². The van der Waals surface area contributed by atoms with Gasteiger partial charge in [0.1, 0.15) is 5.75 Å². The Kier molecular flexibility index (Phi) is 5.25. The van der Waals surface area contributed by atoms with E-state index >= 15 is 0 Å². The van der Waals surface area contributed by atoms with E-state index in [9.17, 15) is 9.18 Å². The maximum absolute atomic E-state index is 14.3. The molecule has 0 atom stereocenters. The fourth-order valence-corrected chi connectivity index (χ4v) is 2.31. The first-order chi connectivity index (χ1) is 10.4. The van der Waals surface area contributed by atoms with Crippen molar-refractivity contribution in [2.45, 2.75) is 6.42 Å². The number of rotatable bonds is 4. The Morgan fingerprint density at radius 1 is 1.27 bits per heavy atom. The maximum Gasteiger partial charge on any atom is 0.226 e. The van der Waals surface area contributed by atoms with Crippen LogP contribution in [0.15, 0.2) is 30.3 Å². The molecule has 112 valence electrons. The Morgan fingerprint density at radius 2 is 2.00 bits per heavy atom. The van der Waals surface area contributed by atoms with Crippen LogP contribution in [0.1, 0.15) is 11.1 Å². The topological polar surface area (TPSA) is 50.1 Å². The predicted molar refractivity (Wildman–Crippen MR) is 82.2 cm³/mol. The number of carbonyl (C=O) groups excluding carboxylic acids is 1. The summed E-state index contributed by atoms with van der Waals surface area (Å²) in [6.07, 6.45) is -0.292. The van der Waals surface area contributed by atoms with Gasteiger partial charge in [0, 0.05) is 17.0 Å². The zero-order valence-corrected chi connectivity index (χ0v) is 13.1. The first-order valence-electron chi connectivity index (χ1n) is 5.94. The van der Waals surface area contributed by atoms with Crippen molar-refractivity contribution >= 4 is 40.0 Å². The minimum Gasteiger partial charge on any atom is -0.453 e. The fraction of sp³-hybridized carbons (Fsp3) is 0.0667. The second kappa shape index (κ2) is 6.97. The van der Waals surface area contributed by atoms with E-state index in [-0.39, 0.29) is 39.1 Å². The molecule has 0 N–H and O–H groups in total. The molecular formula is C15H7Cl3FNO2. The highest BCUT2D eigenvalue weighted by molar-refractivity contribution is 6.63. The molecule has 0 aromatic heterocycles. The van der Waals surface area contributed by atoms with Crippen LogP contribution >= 0.6 is 34.8 Å². The molecule has 0 bridgehead atoms. The summed E-state index contributed by atoms with van der Waals surface area (Å²) in [5.41, 5.74) is 0.313. The third kappa shape index (κ3) is 3.89. The molecule has 0 heterocycles. The molecule has 0 spiro atoms. The molecule has 2 aromatic carbocycles. The van der Waals surface area contributed by atoms with Crippen molar-refractivity contribution in [3.05, 3.63) is 57.3 Å². The first-order valence-corrected chi connectivity index (χ1v) is 7.08. The first kappa shape index (κ1) is 16.6. The number of nitrogens with zero attached hydrogens (tertiary/aromatic N) is 1. The number of nitriles is 1. The van der Waals surface area contributed by atoms with E-state index in [1.165, 1.54) is 30.3 Å². The van der Waals surface area contributed by atoms with Gasteiger partial charge in [0.15, 0.2) is 11.6 Å². The predicted octanol–water partition coefficient (Wildman–Crippen LogP) is 5.10. The second-order valence-electron chi connectivity index (χ2n) is 4.27. The molecule has 0 aliphatic heterocycles. The molecule has 0 saturated heterocycles. The quantitative estimate of drug-likeness (QED) is 0.714. The maximum atomic E-state index is 14.3. The van der Waals surface area contributed by atoms with Crippen LogP contribution in [0.5, 0.6) is 11.5 Å². The zero-order chi connectivity index (χ0) is 16.3. The lowest BCUT2D eigenvalue weighted by atomic mass is 10.1. The summed E-state index contributed by atoms with van der Waals surface area (Å²) in [5, 5.41) is 8.46. The Bertz CT molecular complexity index is 787. The summed E-state index contributed by atoms with van der Waals surface area (Å²) in [7, 11) is 0. The minimum atomic E-state index is -0.792. The molecule has 2 aromatic rings. The van der Waals surface area contributed by atoms with Gasteiger partial charge in [-0.2, -0.15) is 5.26 Å².